The molecule has 1 aliphatic rings. The number of hydrogen-bond acceptors (Lipinski definition) is 11. The van der Waals surface area contributed by atoms with E-state index in [0.29, 0.717) is 10.5 Å². The number of nitrogens with zero attached hydrogens (tertiary/aromatic N) is 4. The Kier molecular flexibility index (Phi) is 16.4. The molecule has 6 rings (SSSR count). The average molecular weight is 892 g/mol. The fourth-order valence-corrected chi connectivity index (χ4v) is 13.4. The minimum atomic E-state index is -4.52. The standard InChI is InChI=1S/C38H47N6O9PSi.C6H15N/c1-25(2)35(45)41-37-40-34-33(36(46)42-37)39-24-43(34)32-22-31(30(52-32)18-20-54(48,49)51-23-26-21-27(50-6)17-19-44(26)47)53-55(38(3,4)5,28-13-9-7-10-14-28)29-15-11-8-12-16-29;1-4-7(5-2)6-3/h7-17,19,21,24-25,30-32H,18,20,22-23H2,1-6H3,(H,48,49)(H2,40,41,42,45,46);4-6H2,1-3H3/t30-,31+,32-;/m1./s1. The summed E-state index contributed by atoms with van der Waals surface area (Å²) in [5.74, 6) is -0.336. The number of aromatic nitrogens is 5. The molecule has 3 aromatic heterocycles. The molecule has 0 saturated carbocycles. The van der Waals surface area contributed by atoms with Gasteiger partial charge in [-0.05, 0) is 42.6 Å². The van der Waals surface area contributed by atoms with Gasteiger partial charge in [-0.3, -0.25) is 24.5 Å². The van der Waals surface area contributed by atoms with Gasteiger partial charge in [0.05, 0.1) is 51.3 Å². The molecular weight excluding hydrogens is 830 g/mol. The highest BCUT2D eigenvalue weighted by molar-refractivity contribution is 7.51. The maximum absolute atomic E-state index is 13.4. The monoisotopic (exact) mass is 891 g/mol. The molecule has 1 saturated heterocycles. The van der Waals surface area contributed by atoms with E-state index in [4.69, 9.17) is 18.4 Å². The van der Waals surface area contributed by atoms with Gasteiger partial charge in [0.1, 0.15) is 26.2 Å². The van der Waals surface area contributed by atoms with Crippen LogP contribution in [0.25, 0.3) is 11.2 Å². The number of nitrogens with one attached hydrogen (secondary N) is 3. The van der Waals surface area contributed by atoms with Gasteiger partial charge in [-0.25, -0.2) is 4.98 Å². The summed E-state index contributed by atoms with van der Waals surface area (Å²) in [6, 6.07) is 23.0. The van der Waals surface area contributed by atoms with Crippen molar-refractivity contribution in [3.63, 3.8) is 0 Å². The number of benzene rings is 2. The zero-order valence-corrected chi connectivity index (χ0v) is 39.1. The van der Waals surface area contributed by atoms with Gasteiger partial charge in [-0.15, -0.1) is 0 Å². The summed E-state index contributed by atoms with van der Waals surface area (Å²) < 4.78 is 40.2. The van der Waals surface area contributed by atoms with Crippen LogP contribution in [0.15, 0.2) is 90.1 Å². The van der Waals surface area contributed by atoms with Crippen LogP contribution in [0.2, 0.25) is 5.04 Å². The summed E-state index contributed by atoms with van der Waals surface area (Å²) in [7, 11) is -6.25. The Morgan fingerprint density at radius 1 is 1.06 bits per heavy atom. The second kappa shape index (κ2) is 21.1. The third kappa shape index (κ3) is 11.4. The van der Waals surface area contributed by atoms with Crippen molar-refractivity contribution in [1.29, 1.82) is 0 Å². The van der Waals surface area contributed by atoms with Crippen LogP contribution in [-0.4, -0.2) is 78.9 Å². The first-order chi connectivity index (χ1) is 29.5. The molecule has 1 amide bonds. The average Bonchev–Trinajstić information content (AvgIpc) is 3.87. The Morgan fingerprint density at radius 2 is 1.68 bits per heavy atom. The van der Waals surface area contributed by atoms with Crippen molar-refractivity contribution in [3.05, 3.63) is 107 Å². The number of quaternary nitrogens is 1. The minimum absolute atomic E-state index is 0.00797. The van der Waals surface area contributed by atoms with Crippen LogP contribution in [0.4, 0.5) is 5.95 Å². The zero-order valence-electron chi connectivity index (χ0n) is 37.3. The molecule has 336 valence electrons. The predicted octanol–water partition coefficient (Wildman–Crippen LogP) is 3.68. The van der Waals surface area contributed by atoms with Crippen LogP contribution in [0.5, 0.6) is 5.75 Å². The van der Waals surface area contributed by atoms with Crippen molar-refractivity contribution >= 4 is 49.3 Å². The van der Waals surface area contributed by atoms with Crippen LogP contribution in [-0.2, 0) is 29.7 Å². The lowest BCUT2D eigenvalue weighted by molar-refractivity contribution is -0.894. The summed E-state index contributed by atoms with van der Waals surface area (Å²) >= 11 is 0. The van der Waals surface area contributed by atoms with Crippen molar-refractivity contribution < 1.29 is 42.3 Å². The van der Waals surface area contributed by atoms with Crippen LogP contribution >= 0.6 is 7.60 Å². The molecule has 4 heterocycles. The van der Waals surface area contributed by atoms with Crippen molar-refractivity contribution in [2.24, 2.45) is 5.92 Å². The fourth-order valence-electron chi connectivity index (χ4n) is 7.64. The van der Waals surface area contributed by atoms with E-state index >= 15 is 0 Å². The highest BCUT2D eigenvalue weighted by Crippen LogP contribution is 2.45. The molecule has 4 atom stereocenters. The van der Waals surface area contributed by atoms with Crippen molar-refractivity contribution in [1.82, 2.24) is 19.5 Å². The quantitative estimate of drug-likeness (QED) is 0.0533. The second-order valence-electron chi connectivity index (χ2n) is 16.7. The number of aromatic amines is 1. The Hall–Kier alpha value is -4.74. The van der Waals surface area contributed by atoms with Gasteiger partial charge in [0.25, 0.3) is 13.9 Å². The molecule has 1 unspecified atom stereocenters. The number of ether oxygens (including phenoxy) is 2. The number of methoxy groups -OCH3 is 1. The number of carbonyl (C=O) groups excluding carboxylic acids is 1. The number of carbonyl (C=O) groups is 1. The van der Waals surface area contributed by atoms with Crippen LogP contribution in [0.1, 0.15) is 80.2 Å². The van der Waals surface area contributed by atoms with E-state index in [1.165, 1.54) is 51.4 Å². The lowest BCUT2D eigenvalue weighted by Crippen LogP contribution is -3.11. The number of H-pyrrole nitrogens is 1. The number of hydrogen-bond donors (Lipinski definition) is 3. The minimum Gasteiger partial charge on any atom is -0.778 e. The van der Waals surface area contributed by atoms with Gasteiger partial charge in [-0.1, -0.05) is 95.3 Å². The summed E-state index contributed by atoms with van der Waals surface area (Å²) in [5, 5.41) is 16.6. The number of fused-ring (bicyclic) bond motifs is 1. The molecule has 0 spiro atoms. The largest absolute Gasteiger partial charge is 0.778 e. The zero-order chi connectivity index (χ0) is 45.2. The van der Waals surface area contributed by atoms with Crippen LogP contribution < -0.4 is 40.5 Å². The molecule has 3 N–H and O–H groups in total. The highest BCUT2D eigenvalue weighted by Gasteiger charge is 2.54. The molecule has 16 nitrogen and oxygen atoms in total. The molecule has 62 heavy (non-hydrogen) atoms. The van der Waals surface area contributed by atoms with E-state index < -0.39 is 57.7 Å². The number of rotatable bonds is 17. The van der Waals surface area contributed by atoms with Gasteiger partial charge in [-0.2, -0.15) is 9.71 Å². The molecular formula is C44H62N7O9PSi. The maximum Gasteiger partial charge on any atom is 0.280 e. The highest BCUT2D eigenvalue weighted by atomic mass is 31.2. The summed E-state index contributed by atoms with van der Waals surface area (Å²) in [6.07, 6.45) is 0.319. The van der Waals surface area contributed by atoms with Gasteiger partial charge in [0.15, 0.2) is 17.4 Å². The van der Waals surface area contributed by atoms with Crippen molar-refractivity contribution in [2.45, 2.75) is 98.3 Å². The lowest BCUT2D eigenvalue weighted by atomic mass is 10.1. The lowest BCUT2D eigenvalue weighted by Gasteiger charge is -2.45. The Morgan fingerprint density at radius 3 is 2.21 bits per heavy atom. The van der Waals surface area contributed by atoms with E-state index in [9.17, 15) is 24.3 Å². The SMILES string of the molecule is CC[NH+](CC)CC.COc1cc[n+]([O-])c(COP(=O)([O-])CC[C@H]2O[C@@H](n3cnc4c(=O)[nH]c(NC(=O)C(C)C)nc43)C[C@@H]2O[Si](c2ccccc2)(c2ccccc2)C(C)(C)C)c1. The summed E-state index contributed by atoms with van der Waals surface area (Å²) in [5.41, 5.74) is -0.249. The molecule has 0 aliphatic carbocycles. The van der Waals surface area contributed by atoms with Crippen molar-refractivity contribution in [3.8, 4) is 5.75 Å². The first-order valence-electron chi connectivity index (χ1n) is 21.2. The predicted molar refractivity (Wildman–Crippen MR) is 239 cm³/mol. The number of anilines is 1. The van der Waals surface area contributed by atoms with E-state index in [-0.39, 0.29) is 47.5 Å². The van der Waals surface area contributed by atoms with Gasteiger partial charge in [0.2, 0.25) is 17.5 Å². The van der Waals surface area contributed by atoms with Crippen LogP contribution in [0.3, 0.4) is 0 Å². The van der Waals surface area contributed by atoms with Crippen molar-refractivity contribution in [2.75, 3.05) is 38.2 Å². The first-order valence-corrected chi connectivity index (χ1v) is 24.9. The Labute approximate surface area is 364 Å². The van der Waals surface area contributed by atoms with Gasteiger partial charge >= 0.3 is 0 Å². The summed E-state index contributed by atoms with van der Waals surface area (Å²) in [4.78, 5) is 52.0. The molecule has 0 radical (unpaired) electrons. The number of imidazole rings is 1. The first kappa shape index (κ1) is 48.3. The Balaban J connectivity index is 0.000000955. The molecule has 18 heteroatoms. The van der Waals surface area contributed by atoms with E-state index in [0.717, 1.165) is 10.4 Å². The maximum atomic E-state index is 13.4. The number of amides is 1. The third-order valence-electron chi connectivity index (χ3n) is 11.2. The Bertz CT molecular complexity index is 2290. The van der Waals surface area contributed by atoms with Gasteiger partial charge in [0, 0.05) is 24.6 Å². The topological polar surface area (TPSA) is 201 Å². The second-order valence-corrected chi connectivity index (χ2v) is 22.8. The van der Waals surface area contributed by atoms with Gasteiger partial charge < -0.3 is 38.0 Å². The molecule has 2 aromatic carbocycles. The molecule has 1 aliphatic heterocycles. The number of pyridine rings is 1. The van der Waals surface area contributed by atoms with E-state index in [2.05, 4.69) is 86.1 Å². The van der Waals surface area contributed by atoms with E-state index in [1.54, 1.807) is 23.3 Å². The smallest absolute Gasteiger partial charge is 0.280 e. The normalized spacial score (nSPS) is 17.8. The van der Waals surface area contributed by atoms with Crippen LogP contribution in [0, 0.1) is 11.1 Å². The molecule has 1 fully saturated rings. The van der Waals surface area contributed by atoms with E-state index in [1.807, 2.05) is 36.4 Å². The summed E-state index contributed by atoms with van der Waals surface area (Å²) in [6.45, 7) is 19.9. The molecule has 0 bridgehead atoms. The molecule has 5 aromatic rings. The fraction of sp³-hybridized carbons (Fsp3) is 0.477. The third-order valence-corrected chi connectivity index (χ3v) is 17.6.